The summed E-state index contributed by atoms with van der Waals surface area (Å²) >= 11 is 0. The molecule has 1 rings (SSSR count). The van der Waals surface area contributed by atoms with Crippen molar-refractivity contribution < 1.29 is 28.6 Å². The van der Waals surface area contributed by atoms with E-state index in [9.17, 15) is 14.4 Å². The quantitative estimate of drug-likeness (QED) is 0.317. The summed E-state index contributed by atoms with van der Waals surface area (Å²) in [7, 11) is 0. The maximum Gasteiger partial charge on any atom is 0.411 e. The van der Waals surface area contributed by atoms with Crippen LogP contribution in [-0.2, 0) is 23.8 Å². The van der Waals surface area contributed by atoms with Gasteiger partial charge in [0.1, 0.15) is 0 Å². The average Bonchev–Trinajstić information content (AvgIpc) is 2.97. The van der Waals surface area contributed by atoms with Gasteiger partial charge in [-0.3, -0.25) is 4.90 Å². The molecule has 1 amide bonds. The van der Waals surface area contributed by atoms with Crippen molar-refractivity contribution in [3.63, 3.8) is 0 Å². The first-order valence-electron chi connectivity index (χ1n) is 6.28. The molecule has 1 aliphatic rings. The SMILES string of the molecule is CCOC(=O)N1C(C)C1(C(=O)OCC)C(=O)OCC. The average molecular weight is 273 g/mol. The number of carbonyl (C=O) groups excluding carboxylic acids is 3. The lowest BCUT2D eigenvalue weighted by Gasteiger charge is -2.14. The summed E-state index contributed by atoms with van der Waals surface area (Å²) < 4.78 is 14.6. The summed E-state index contributed by atoms with van der Waals surface area (Å²) in [6.45, 7) is 6.85. The van der Waals surface area contributed by atoms with E-state index in [1.807, 2.05) is 0 Å². The smallest absolute Gasteiger partial charge is 0.411 e. The normalized spacial score (nSPS) is 19.6. The molecule has 7 nitrogen and oxygen atoms in total. The fourth-order valence-electron chi connectivity index (χ4n) is 2.02. The molecular formula is C12H19NO6. The van der Waals surface area contributed by atoms with Crippen LogP contribution < -0.4 is 0 Å². The minimum Gasteiger partial charge on any atom is -0.464 e. The van der Waals surface area contributed by atoms with E-state index in [1.165, 1.54) is 0 Å². The summed E-state index contributed by atoms with van der Waals surface area (Å²) in [5.74, 6) is -1.57. The summed E-state index contributed by atoms with van der Waals surface area (Å²) in [6.07, 6.45) is -0.726. The van der Waals surface area contributed by atoms with Crippen LogP contribution in [0.3, 0.4) is 0 Å². The molecule has 0 saturated carbocycles. The number of ether oxygens (including phenoxy) is 3. The van der Waals surface area contributed by atoms with E-state index in [2.05, 4.69) is 0 Å². The van der Waals surface area contributed by atoms with Crippen molar-refractivity contribution in [3.05, 3.63) is 0 Å². The van der Waals surface area contributed by atoms with Crippen LogP contribution >= 0.6 is 0 Å². The lowest BCUT2D eigenvalue weighted by molar-refractivity contribution is -0.160. The van der Waals surface area contributed by atoms with Gasteiger partial charge in [-0.25, -0.2) is 14.4 Å². The Morgan fingerprint density at radius 2 is 1.37 bits per heavy atom. The van der Waals surface area contributed by atoms with Gasteiger partial charge in [0.25, 0.3) is 5.54 Å². The van der Waals surface area contributed by atoms with Crippen molar-refractivity contribution in [2.24, 2.45) is 0 Å². The van der Waals surface area contributed by atoms with Crippen molar-refractivity contribution in [2.75, 3.05) is 19.8 Å². The van der Waals surface area contributed by atoms with E-state index in [0.29, 0.717) is 0 Å². The van der Waals surface area contributed by atoms with Crippen LogP contribution in [0.25, 0.3) is 0 Å². The topological polar surface area (TPSA) is 81.9 Å². The lowest BCUT2D eigenvalue weighted by Crippen LogP contribution is -2.43. The minimum atomic E-state index is -1.70. The summed E-state index contributed by atoms with van der Waals surface area (Å²) in [5.41, 5.74) is -1.70. The molecule has 0 aromatic heterocycles. The molecule has 7 heteroatoms. The third-order valence-corrected chi connectivity index (χ3v) is 2.94. The lowest BCUT2D eigenvalue weighted by atomic mass is 10.1. The zero-order valence-corrected chi connectivity index (χ0v) is 11.6. The highest BCUT2D eigenvalue weighted by molar-refractivity contribution is 6.13. The van der Waals surface area contributed by atoms with Crippen LogP contribution in [0.1, 0.15) is 27.7 Å². The van der Waals surface area contributed by atoms with Gasteiger partial charge in [-0.15, -0.1) is 0 Å². The van der Waals surface area contributed by atoms with E-state index in [-0.39, 0.29) is 19.8 Å². The second-order valence-electron chi connectivity index (χ2n) is 3.95. The Hall–Kier alpha value is -1.79. The van der Waals surface area contributed by atoms with Crippen LogP contribution in [-0.4, -0.2) is 54.3 Å². The molecule has 1 atom stereocenters. The molecule has 1 unspecified atom stereocenters. The Bertz CT molecular complexity index is 362. The molecule has 0 aromatic carbocycles. The number of rotatable bonds is 5. The van der Waals surface area contributed by atoms with Gasteiger partial charge >= 0.3 is 18.0 Å². The molecule has 0 bridgehead atoms. The number of hydrogen-bond acceptors (Lipinski definition) is 6. The molecule has 1 aliphatic heterocycles. The first-order valence-corrected chi connectivity index (χ1v) is 6.28. The molecule has 0 aromatic rings. The Kier molecular flexibility index (Phi) is 4.74. The van der Waals surface area contributed by atoms with Gasteiger partial charge in [-0.1, -0.05) is 0 Å². The van der Waals surface area contributed by atoms with Gasteiger partial charge in [-0.2, -0.15) is 0 Å². The molecule has 0 spiro atoms. The van der Waals surface area contributed by atoms with Crippen LogP contribution in [0.4, 0.5) is 4.79 Å². The first-order chi connectivity index (χ1) is 8.98. The molecule has 1 fully saturated rings. The Balaban J connectivity index is 2.99. The second kappa shape index (κ2) is 5.90. The molecule has 0 radical (unpaired) electrons. The van der Waals surface area contributed by atoms with E-state index in [1.54, 1.807) is 27.7 Å². The predicted molar refractivity (Wildman–Crippen MR) is 64.3 cm³/mol. The van der Waals surface area contributed by atoms with Gasteiger partial charge in [0.05, 0.1) is 25.9 Å². The van der Waals surface area contributed by atoms with Gasteiger partial charge in [-0.05, 0) is 27.7 Å². The van der Waals surface area contributed by atoms with Crippen molar-refractivity contribution in [2.45, 2.75) is 39.3 Å². The fraction of sp³-hybridized carbons (Fsp3) is 0.750. The molecule has 1 heterocycles. The zero-order chi connectivity index (χ0) is 14.6. The number of esters is 2. The number of carbonyl (C=O) groups is 3. The number of amides is 1. The molecule has 19 heavy (non-hydrogen) atoms. The van der Waals surface area contributed by atoms with Crippen LogP contribution in [0.5, 0.6) is 0 Å². The third kappa shape index (κ3) is 2.36. The van der Waals surface area contributed by atoms with E-state index < -0.39 is 29.6 Å². The highest BCUT2D eigenvalue weighted by Gasteiger charge is 2.76. The van der Waals surface area contributed by atoms with Gasteiger partial charge < -0.3 is 14.2 Å². The van der Waals surface area contributed by atoms with Crippen molar-refractivity contribution in [3.8, 4) is 0 Å². The highest BCUT2D eigenvalue weighted by Crippen LogP contribution is 2.44. The van der Waals surface area contributed by atoms with Gasteiger partial charge in [0, 0.05) is 0 Å². The monoisotopic (exact) mass is 273 g/mol. The maximum absolute atomic E-state index is 12.0. The number of hydrogen-bond donors (Lipinski definition) is 0. The van der Waals surface area contributed by atoms with Crippen LogP contribution in [0.15, 0.2) is 0 Å². The van der Waals surface area contributed by atoms with Crippen LogP contribution in [0, 0.1) is 0 Å². The van der Waals surface area contributed by atoms with Gasteiger partial charge in [0.15, 0.2) is 0 Å². The fourth-order valence-corrected chi connectivity index (χ4v) is 2.02. The third-order valence-electron chi connectivity index (χ3n) is 2.94. The maximum atomic E-state index is 12.0. The standard InChI is InChI=1S/C12H19NO6/c1-5-17-9(14)12(10(15)18-6-2)8(4)13(12)11(16)19-7-3/h8H,5-7H2,1-4H3. The summed E-state index contributed by atoms with van der Waals surface area (Å²) in [6, 6.07) is -0.635. The Morgan fingerprint density at radius 1 is 0.947 bits per heavy atom. The molecule has 0 N–H and O–H groups in total. The number of nitrogens with zero attached hydrogens (tertiary/aromatic N) is 1. The first kappa shape index (κ1) is 15.3. The summed E-state index contributed by atoms with van der Waals surface area (Å²) in [4.78, 5) is 36.8. The molecule has 1 saturated heterocycles. The van der Waals surface area contributed by atoms with E-state index in [0.717, 1.165) is 4.90 Å². The van der Waals surface area contributed by atoms with Crippen molar-refractivity contribution in [1.82, 2.24) is 4.90 Å². The van der Waals surface area contributed by atoms with Crippen molar-refractivity contribution >= 4 is 18.0 Å². The molecule has 0 aliphatic carbocycles. The Labute approximate surface area is 111 Å². The minimum absolute atomic E-state index is 0.114. The second-order valence-corrected chi connectivity index (χ2v) is 3.95. The van der Waals surface area contributed by atoms with E-state index in [4.69, 9.17) is 14.2 Å². The molecular weight excluding hydrogens is 254 g/mol. The largest absolute Gasteiger partial charge is 0.464 e. The predicted octanol–water partition coefficient (Wildman–Crippen LogP) is 0.712. The summed E-state index contributed by atoms with van der Waals surface area (Å²) in [5, 5.41) is 0. The Morgan fingerprint density at radius 3 is 1.74 bits per heavy atom. The van der Waals surface area contributed by atoms with E-state index >= 15 is 0 Å². The van der Waals surface area contributed by atoms with Crippen molar-refractivity contribution in [1.29, 1.82) is 0 Å². The van der Waals surface area contributed by atoms with Gasteiger partial charge in [0.2, 0.25) is 0 Å². The molecule has 108 valence electrons. The zero-order valence-electron chi connectivity index (χ0n) is 11.6. The highest BCUT2D eigenvalue weighted by atomic mass is 16.6. The van der Waals surface area contributed by atoms with Crippen LogP contribution in [0.2, 0.25) is 0 Å².